The average molecular weight is 587 g/mol. The lowest BCUT2D eigenvalue weighted by atomic mass is 9.87. The van der Waals surface area contributed by atoms with Crippen molar-refractivity contribution in [3.05, 3.63) is 94.3 Å². The first kappa shape index (κ1) is 32.1. The second-order valence-electron chi connectivity index (χ2n) is 13.1. The van der Waals surface area contributed by atoms with Gasteiger partial charge in [0.15, 0.2) is 0 Å². The van der Waals surface area contributed by atoms with E-state index in [1.165, 1.54) is 5.56 Å². The summed E-state index contributed by atoms with van der Waals surface area (Å²) in [5.74, 6) is 0.370. The van der Waals surface area contributed by atoms with Gasteiger partial charge in [-0.15, -0.1) is 0 Å². The molecule has 1 unspecified atom stereocenters. The van der Waals surface area contributed by atoms with Gasteiger partial charge in [0.1, 0.15) is 23.7 Å². The Hall–Kier alpha value is -3.87. The molecule has 0 saturated heterocycles. The van der Waals surface area contributed by atoms with Crippen LogP contribution < -0.4 is 4.74 Å². The highest BCUT2D eigenvalue weighted by molar-refractivity contribution is 5.87. The van der Waals surface area contributed by atoms with Gasteiger partial charge in [-0.3, -0.25) is 0 Å². The van der Waals surface area contributed by atoms with Crippen molar-refractivity contribution in [2.45, 2.75) is 97.8 Å². The maximum atomic E-state index is 13.6. The summed E-state index contributed by atoms with van der Waals surface area (Å²) in [7, 11) is 0. The molecular formula is C36H46N2O5. The number of hydrogen-bond donors (Lipinski definition) is 0. The van der Waals surface area contributed by atoms with Gasteiger partial charge in [0.25, 0.3) is 0 Å². The molecule has 1 amide bonds. The van der Waals surface area contributed by atoms with E-state index >= 15 is 0 Å². The quantitative estimate of drug-likeness (QED) is 0.237. The number of para-hydroxylation sites is 1. The Morgan fingerprint density at radius 2 is 1.67 bits per heavy atom. The number of amides is 1. The molecule has 1 aromatic heterocycles. The van der Waals surface area contributed by atoms with Crippen molar-refractivity contribution in [3.8, 4) is 5.75 Å². The van der Waals surface area contributed by atoms with Gasteiger partial charge < -0.3 is 19.1 Å². The van der Waals surface area contributed by atoms with Gasteiger partial charge in [-0.2, -0.15) is 0 Å². The number of pyridine rings is 1. The summed E-state index contributed by atoms with van der Waals surface area (Å²) in [6, 6.07) is 20.0. The number of aromatic nitrogens is 1. The van der Waals surface area contributed by atoms with Crippen molar-refractivity contribution in [2.75, 3.05) is 13.2 Å². The highest BCUT2D eigenvalue weighted by Gasteiger charge is 2.33. The van der Waals surface area contributed by atoms with Crippen LogP contribution >= 0.6 is 0 Å². The molecule has 7 heteroatoms. The minimum absolute atomic E-state index is 0.101. The summed E-state index contributed by atoms with van der Waals surface area (Å²) < 4.78 is 17.3. The number of carbonyl (C=O) groups is 2. The van der Waals surface area contributed by atoms with E-state index in [0.29, 0.717) is 31.9 Å². The van der Waals surface area contributed by atoms with Gasteiger partial charge in [0.05, 0.1) is 12.6 Å². The summed E-state index contributed by atoms with van der Waals surface area (Å²) in [5.41, 5.74) is 4.96. The molecule has 0 N–H and O–H groups in total. The monoisotopic (exact) mass is 586 g/mol. The fourth-order valence-electron chi connectivity index (χ4n) is 5.33. The Kier molecular flexibility index (Phi) is 10.2. The largest absolute Gasteiger partial charge is 0.489 e. The summed E-state index contributed by atoms with van der Waals surface area (Å²) in [6.45, 7) is 15.2. The Morgan fingerprint density at radius 1 is 0.953 bits per heavy atom. The van der Waals surface area contributed by atoms with Crippen molar-refractivity contribution >= 4 is 12.1 Å². The number of rotatable bonds is 9. The SMILES string of the molecule is CCOC(=O)c1ccc2c(n1)CCCC2N(CCc1ccccc1OCc1ccc(C(C)(C)C)cc1)C(=O)OC(C)(C)C. The number of nitrogens with zero attached hydrogens (tertiary/aromatic N) is 2. The van der Waals surface area contributed by atoms with E-state index in [1.54, 1.807) is 13.0 Å². The number of aryl methyl sites for hydroxylation is 1. The molecule has 230 valence electrons. The minimum atomic E-state index is -0.637. The molecule has 1 heterocycles. The van der Waals surface area contributed by atoms with E-state index < -0.39 is 11.6 Å². The second kappa shape index (κ2) is 13.6. The molecule has 2 aromatic carbocycles. The van der Waals surface area contributed by atoms with Gasteiger partial charge in [0, 0.05) is 12.2 Å². The molecule has 0 spiro atoms. The molecule has 0 saturated carbocycles. The summed E-state index contributed by atoms with van der Waals surface area (Å²) in [5, 5.41) is 0. The van der Waals surface area contributed by atoms with Gasteiger partial charge in [-0.25, -0.2) is 14.6 Å². The van der Waals surface area contributed by atoms with Crippen LogP contribution in [0.2, 0.25) is 0 Å². The average Bonchev–Trinajstić information content (AvgIpc) is 2.95. The Bertz CT molecular complexity index is 1400. The highest BCUT2D eigenvalue weighted by atomic mass is 16.6. The number of esters is 1. The number of fused-ring (bicyclic) bond motifs is 1. The van der Waals surface area contributed by atoms with Crippen molar-refractivity contribution in [1.29, 1.82) is 0 Å². The van der Waals surface area contributed by atoms with Crippen LogP contribution in [-0.2, 0) is 34.3 Å². The van der Waals surface area contributed by atoms with Gasteiger partial charge in [-0.1, -0.05) is 69.3 Å². The lowest BCUT2D eigenvalue weighted by molar-refractivity contribution is 0.0140. The maximum absolute atomic E-state index is 13.6. The molecule has 1 atom stereocenters. The molecule has 0 aliphatic heterocycles. The van der Waals surface area contributed by atoms with E-state index in [0.717, 1.165) is 47.4 Å². The van der Waals surface area contributed by atoms with Crippen molar-refractivity contribution in [3.63, 3.8) is 0 Å². The summed E-state index contributed by atoms with van der Waals surface area (Å²) in [6.07, 6.45) is 2.61. The fraction of sp³-hybridized carbons (Fsp3) is 0.472. The van der Waals surface area contributed by atoms with Crippen LogP contribution in [0.4, 0.5) is 4.79 Å². The smallest absolute Gasteiger partial charge is 0.410 e. The summed E-state index contributed by atoms with van der Waals surface area (Å²) >= 11 is 0. The third kappa shape index (κ3) is 8.59. The van der Waals surface area contributed by atoms with Crippen LogP contribution in [0.3, 0.4) is 0 Å². The van der Waals surface area contributed by atoms with Gasteiger partial charge >= 0.3 is 12.1 Å². The standard InChI is InChI=1S/C36H46N2O5/c1-8-41-33(39)30-21-20-28-29(37-30)13-11-14-31(28)38(34(40)43-36(5,6)7)23-22-26-12-9-10-15-32(26)42-24-25-16-18-27(19-17-25)35(2,3)4/h9-10,12,15-21,31H,8,11,13-14,22-24H2,1-7H3. The number of benzene rings is 2. The number of ether oxygens (including phenoxy) is 3. The van der Waals surface area contributed by atoms with E-state index in [2.05, 4.69) is 50.0 Å². The normalized spacial score (nSPS) is 14.9. The van der Waals surface area contributed by atoms with Gasteiger partial charge in [0.2, 0.25) is 0 Å². The first-order valence-corrected chi connectivity index (χ1v) is 15.3. The molecule has 43 heavy (non-hydrogen) atoms. The molecule has 1 aliphatic carbocycles. The van der Waals surface area contributed by atoms with Crippen molar-refractivity contribution in [2.24, 2.45) is 0 Å². The van der Waals surface area contributed by atoms with Gasteiger partial charge in [-0.05, 0) is 93.2 Å². The van der Waals surface area contributed by atoms with Crippen molar-refractivity contribution < 1.29 is 23.8 Å². The van der Waals surface area contributed by atoms with Crippen LogP contribution in [0.15, 0.2) is 60.7 Å². The third-order valence-corrected chi connectivity index (χ3v) is 7.56. The fourth-order valence-corrected chi connectivity index (χ4v) is 5.33. The maximum Gasteiger partial charge on any atom is 0.410 e. The molecule has 7 nitrogen and oxygen atoms in total. The predicted molar refractivity (Wildman–Crippen MR) is 168 cm³/mol. The molecule has 0 bridgehead atoms. The van der Waals surface area contributed by atoms with E-state index in [9.17, 15) is 9.59 Å². The molecule has 3 aromatic rings. The number of hydrogen-bond acceptors (Lipinski definition) is 6. The molecule has 0 fully saturated rings. The predicted octanol–water partition coefficient (Wildman–Crippen LogP) is 7.99. The van der Waals surface area contributed by atoms with Crippen LogP contribution in [0, 0.1) is 0 Å². The van der Waals surface area contributed by atoms with E-state index in [1.807, 2.05) is 56.0 Å². The molecule has 4 rings (SSSR count). The first-order chi connectivity index (χ1) is 20.4. The van der Waals surface area contributed by atoms with Crippen LogP contribution in [-0.4, -0.2) is 40.7 Å². The highest BCUT2D eigenvalue weighted by Crippen LogP contribution is 2.35. The minimum Gasteiger partial charge on any atom is -0.489 e. The van der Waals surface area contributed by atoms with Crippen LogP contribution in [0.5, 0.6) is 5.75 Å². The summed E-state index contributed by atoms with van der Waals surface area (Å²) in [4.78, 5) is 32.4. The van der Waals surface area contributed by atoms with Crippen LogP contribution in [0.25, 0.3) is 0 Å². The topological polar surface area (TPSA) is 78.0 Å². The Labute approximate surface area is 256 Å². The lowest BCUT2D eigenvalue weighted by Gasteiger charge is -2.36. The zero-order chi connectivity index (χ0) is 31.2. The number of carbonyl (C=O) groups excluding carboxylic acids is 2. The third-order valence-electron chi connectivity index (χ3n) is 7.56. The molecule has 0 radical (unpaired) electrons. The van der Waals surface area contributed by atoms with Crippen molar-refractivity contribution in [1.82, 2.24) is 9.88 Å². The second-order valence-corrected chi connectivity index (χ2v) is 13.1. The Morgan fingerprint density at radius 3 is 2.35 bits per heavy atom. The zero-order valence-electron chi connectivity index (χ0n) is 26.7. The van der Waals surface area contributed by atoms with E-state index in [4.69, 9.17) is 14.2 Å². The zero-order valence-corrected chi connectivity index (χ0v) is 26.7. The molecular weight excluding hydrogens is 540 g/mol. The van der Waals surface area contributed by atoms with Crippen LogP contribution in [0.1, 0.15) is 106 Å². The lowest BCUT2D eigenvalue weighted by Crippen LogP contribution is -2.41. The first-order valence-electron chi connectivity index (χ1n) is 15.3. The molecule has 1 aliphatic rings. The Balaban J connectivity index is 1.54. The van der Waals surface area contributed by atoms with E-state index in [-0.39, 0.29) is 17.6 Å².